The Balaban J connectivity index is 0.684. The van der Waals surface area contributed by atoms with E-state index in [2.05, 4.69) is 20.6 Å². The molecule has 0 aliphatic carbocycles. The van der Waals surface area contributed by atoms with Gasteiger partial charge in [-0.2, -0.15) is 18.3 Å². The Kier molecular flexibility index (Phi) is 11.6. The van der Waals surface area contributed by atoms with Crippen molar-refractivity contribution in [1.29, 1.82) is 0 Å². The standard InChI is InChI=1S/C47H45F3N6O9/c48-47(49,50)42-38(23-53-54-44(42)61)56-24-28-5-9-33(19-29(28)25-56)63-32-13-17-55(18-14-32)26-41(59)51-15-3-1-2-4-16-52-43(60)27-6-10-34-37(20-27)46(65-45(34)62)35-11-7-30(57)21-39(35)64-40-22-31(58)8-12-36(40)46/h5-12,19-23,32,57-58H,1-4,13-18,24-26H2,(H,51,59)(H,52,60)(H,54,61). The van der Waals surface area contributed by atoms with Gasteiger partial charge in [-0.25, -0.2) is 9.89 Å². The molecular weight excluding hydrogens is 850 g/mol. The Hall–Kier alpha value is -7.08. The summed E-state index contributed by atoms with van der Waals surface area (Å²) >= 11 is 0. The number of carbonyl (C=O) groups excluding carboxylic acids is 3. The van der Waals surface area contributed by atoms with Crippen LogP contribution in [0, 0.1) is 0 Å². The van der Waals surface area contributed by atoms with Gasteiger partial charge in [-0.15, -0.1) is 0 Å². The summed E-state index contributed by atoms with van der Waals surface area (Å²) in [6.07, 6.45) is 0.727. The zero-order valence-corrected chi connectivity index (χ0v) is 35.0. The lowest BCUT2D eigenvalue weighted by Gasteiger charge is -2.36. The molecular formula is C47H45F3N6O9. The number of ether oxygens (including phenoxy) is 3. The van der Waals surface area contributed by atoms with Gasteiger partial charge < -0.3 is 40.0 Å². The van der Waals surface area contributed by atoms with Crippen LogP contribution in [0.15, 0.2) is 83.8 Å². The van der Waals surface area contributed by atoms with Crippen LogP contribution in [0.3, 0.4) is 0 Å². The lowest BCUT2D eigenvalue weighted by Crippen LogP contribution is -2.43. The fourth-order valence-corrected chi connectivity index (χ4v) is 9.13. The number of halogens is 3. The number of hydrogen-bond donors (Lipinski definition) is 5. The molecule has 0 atom stereocenters. The summed E-state index contributed by atoms with van der Waals surface area (Å²) in [5, 5.41) is 31.8. The Morgan fingerprint density at radius 3 is 2.20 bits per heavy atom. The smallest absolute Gasteiger partial charge is 0.423 e. The molecule has 2 amide bonds. The van der Waals surface area contributed by atoms with E-state index in [4.69, 9.17) is 14.2 Å². The van der Waals surface area contributed by atoms with E-state index < -0.39 is 28.9 Å². The molecule has 15 nitrogen and oxygen atoms in total. The molecule has 9 rings (SSSR count). The van der Waals surface area contributed by atoms with Crippen molar-refractivity contribution in [3.05, 3.63) is 134 Å². The monoisotopic (exact) mass is 894 g/mol. The van der Waals surface area contributed by atoms with Crippen molar-refractivity contribution in [2.45, 2.75) is 69.5 Å². The summed E-state index contributed by atoms with van der Waals surface area (Å²) in [5.74, 6) is 0.0313. The van der Waals surface area contributed by atoms with Crippen molar-refractivity contribution in [3.8, 4) is 28.7 Å². The Morgan fingerprint density at radius 2 is 1.51 bits per heavy atom. The molecule has 65 heavy (non-hydrogen) atoms. The van der Waals surface area contributed by atoms with E-state index >= 15 is 0 Å². The molecule has 1 saturated heterocycles. The number of unbranched alkanes of at least 4 members (excludes halogenated alkanes) is 3. The van der Waals surface area contributed by atoms with Gasteiger partial charge in [0.05, 0.1) is 24.0 Å². The number of nitrogens with one attached hydrogen (secondary N) is 3. The number of likely N-dealkylation sites (tertiary alicyclic amines) is 1. The maximum absolute atomic E-state index is 13.7. The van der Waals surface area contributed by atoms with Crippen molar-refractivity contribution >= 4 is 23.5 Å². The summed E-state index contributed by atoms with van der Waals surface area (Å²) in [6, 6.07) is 19.2. The molecule has 4 aliphatic rings. The number of anilines is 1. The second-order valence-electron chi connectivity index (χ2n) is 16.7. The second kappa shape index (κ2) is 17.5. The van der Waals surface area contributed by atoms with Gasteiger partial charge in [0.1, 0.15) is 40.4 Å². The highest BCUT2D eigenvalue weighted by Gasteiger charge is 2.54. The van der Waals surface area contributed by atoms with E-state index in [-0.39, 0.29) is 71.8 Å². The SMILES string of the molecule is O=C(CN1CCC(Oc2ccc3c(c2)CN(c2cn[nH]c(=O)c2C(F)(F)F)C3)CC1)NCCCCCCNC(=O)c1ccc2c(c1)C1(OC2=O)c2ccc(O)cc2Oc2cc(O)ccc21. The number of piperidine rings is 1. The van der Waals surface area contributed by atoms with E-state index in [9.17, 15) is 42.6 Å². The number of nitrogens with zero attached hydrogens (tertiary/aromatic N) is 3. The third-order valence-electron chi connectivity index (χ3n) is 12.3. The highest BCUT2D eigenvalue weighted by molar-refractivity contribution is 6.00. The summed E-state index contributed by atoms with van der Waals surface area (Å²) < 4.78 is 59.3. The van der Waals surface area contributed by atoms with Crippen LogP contribution in [0.1, 0.15) is 92.6 Å². The van der Waals surface area contributed by atoms with E-state index in [1.807, 2.05) is 17.2 Å². The van der Waals surface area contributed by atoms with Gasteiger partial charge in [0.25, 0.3) is 11.5 Å². The Morgan fingerprint density at radius 1 is 0.831 bits per heavy atom. The largest absolute Gasteiger partial charge is 0.508 e. The highest BCUT2D eigenvalue weighted by atomic mass is 19.4. The van der Waals surface area contributed by atoms with Crippen molar-refractivity contribution in [3.63, 3.8) is 0 Å². The highest BCUT2D eigenvalue weighted by Crippen LogP contribution is 2.57. The van der Waals surface area contributed by atoms with Crippen LogP contribution in [0.2, 0.25) is 0 Å². The number of rotatable bonds is 13. The third-order valence-corrected chi connectivity index (χ3v) is 12.3. The number of phenolic OH excluding ortho intramolecular Hbond substituents is 2. The number of esters is 1. The average molecular weight is 895 g/mol. The summed E-state index contributed by atoms with van der Waals surface area (Å²) in [5.41, 5.74) is -0.625. The molecule has 1 fully saturated rings. The molecule has 5 heterocycles. The first-order chi connectivity index (χ1) is 31.3. The van der Waals surface area contributed by atoms with Crippen molar-refractivity contribution in [1.82, 2.24) is 25.7 Å². The first-order valence-corrected chi connectivity index (χ1v) is 21.4. The zero-order chi connectivity index (χ0) is 45.5. The molecule has 0 bridgehead atoms. The van der Waals surface area contributed by atoms with Crippen LogP contribution in [-0.4, -0.2) is 81.9 Å². The number of carbonyl (C=O) groups is 3. The number of amides is 2. The first kappa shape index (κ1) is 43.2. The predicted molar refractivity (Wildman–Crippen MR) is 228 cm³/mol. The van der Waals surface area contributed by atoms with E-state index in [0.717, 1.165) is 43.0 Å². The fraction of sp³-hybridized carbons (Fsp3) is 0.340. The van der Waals surface area contributed by atoms with Crippen LogP contribution in [-0.2, 0) is 34.4 Å². The number of aromatic amines is 1. The van der Waals surface area contributed by atoms with Crippen molar-refractivity contribution in [2.75, 3.05) is 37.6 Å². The number of alkyl halides is 3. The number of hydrogen-bond acceptors (Lipinski definition) is 12. The van der Waals surface area contributed by atoms with Gasteiger partial charge >= 0.3 is 12.1 Å². The maximum atomic E-state index is 13.7. The van der Waals surface area contributed by atoms with Gasteiger partial charge in [0.2, 0.25) is 5.91 Å². The summed E-state index contributed by atoms with van der Waals surface area (Å²) in [6.45, 7) is 2.96. The quantitative estimate of drug-likeness (QED) is 0.0661. The average Bonchev–Trinajstić information content (AvgIpc) is 3.82. The third kappa shape index (κ3) is 8.65. The maximum Gasteiger partial charge on any atom is 0.423 e. The minimum atomic E-state index is -4.82. The second-order valence-corrected chi connectivity index (χ2v) is 16.7. The van der Waals surface area contributed by atoms with Gasteiger partial charge in [-0.05, 0) is 91.4 Å². The minimum absolute atomic E-state index is 0.0585. The van der Waals surface area contributed by atoms with E-state index in [1.165, 1.54) is 29.2 Å². The summed E-state index contributed by atoms with van der Waals surface area (Å²) in [7, 11) is 0. The van der Waals surface area contributed by atoms with Crippen LogP contribution < -0.4 is 30.6 Å². The lowest BCUT2D eigenvalue weighted by atomic mass is 9.77. The molecule has 1 aromatic heterocycles. The molecule has 1 spiro atoms. The van der Waals surface area contributed by atoms with E-state index in [1.54, 1.807) is 36.4 Å². The predicted octanol–water partition coefficient (Wildman–Crippen LogP) is 6.24. The molecule has 0 unspecified atom stereocenters. The lowest BCUT2D eigenvalue weighted by molar-refractivity contribution is -0.138. The Bertz CT molecular complexity index is 2680. The molecule has 18 heteroatoms. The molecule has 4 aliphatic heterocycles. The number of aromatic nitrogens is 2. The normalized spacial score (nSPS) is 16.2. The molecule has 5 aromatic rings. The first-order valence-electron chi connectivity index (χ1n) is 21.4. The van der Waals surface area contributed by atoms with E-state index in [0.29, 0.717) is 67.0 Å². The van der Waals surface area contributed by atoms with Gasteiger partial charge in [-0.3, -0.25) is 19.3 Å². The number of H-pyrrole nitrogens is 1. The van der Waals surface area contributed by atoms with Crippen molar-refractivity contribution in [2.24, 2.45) is 0 Å². The van der Waals surface area contributed by atoms with Gasteiger partial charge in [0, 0.05) is 73.7 Å². The molecule has 0 radical (unpaired) electrons. The Labute approximate surface area is 370 Å². The minimum Gasteiger partial charge on any atom is -0.508 e. The van der Waals surface area contributed by atoms with Gasteiger partial charge in [-0.1, -0.05) is 18.9 Å². The van der Waals surface area contributed by atoms with Crippen LogP contribution in [0.4, 0.5) is 18.9 Å². The number of fused-ring (bicyclic) bond motifs is 7. The number of aromatic hydroxyl groups is 2. The molecule has 4 aromatic carbocycles. The topological polar surface area (TPSA) is 196 Å². The molecule has 338 valence electrons. The van der Waals surface area contributed by atoms with Crippen molar-refractivity contribution < 1.29 is 52.0 Å². The molecule has 0 saturated carbocycles. The fourth-order valence-electron chi connectivity index (χ4n) is 9.13. The van der Waals surface area contributed by atoms with Crippen LogP contribution >= 0.6 is 0 Å². The van der Waals surface area contributed by atoms with Gasteiger partial charge in [0.15, 0.2) is 5.60 Å². The number of phenols is 2. The molecule has 5 N–H and O–H groups in total. The summed E-state index contributed by atoms with van der Waals surface area (Å²) in [4.78, 5) is 54.9. The number of benzene rings is 4. The zero-order valence-electron chi connectivity index (χ0n) is 35.0. The van der Waals surface area contributed by atoms with Crippen LogP contribution in [0.5, 0.6) is 28.7 Å². The van der Waals surface area contributed by atoms with Crippen LogP contribution in [0.25, 0.3) is 0 Å².